The van der Waals surface area contributed by atoms with Crippen molar-refractivity contribution < 1.29 is 4.79 Å². The third kappa shape index (κ3) is 3.16. The van der Waals surface area contributed by atoms with Gasteiger partial charge < -0.3 is 14.8 Å². The van der Waals surface area contributed by atoms with E-state index in [1.807, 2.05) is 18.2 Å². The molecule has 138 valence electrons. The zero-order chi connectivity index (χ0) is 18.1. The van der Waals surface area contributed by atoms with Gasteiger partial charge in [0.2, 0.25) is 0 Å². The van der Waals surface area contributed by atoms with E-state index in [1.165, 1.54) is 49.8 Å². The Morgan fingerprint density at radius 3 is 2.73 bits per heavy atom. The highest BCUT2D eigenvalue weighted by Gasteiger charge is 2.33. The molecule has 0 radical (unpaired) electrons. The lowest BCUT2D eigenvalue weighted by molar-refractivity contribution is 0.0576. The van der Waals surface area contributed by atoms with Crippen molar-refractivity contribution in [3.63, 3.8) is 0 Å². The van der Waals surface area contributed by atoms with Crippen LogP contribution in [0.1, 0.15) is 42.5 Å². The number of fused-ring (bicyclic) bond motifs is 2. The van der Waals surface area contributed by atoms with Crippen molar-refractivity contribution >= 4 is 16.7 Å². The number of piperidine rings is 2. The number of carbonyl (C=O) groups excluding carboxylic acids is 1. The van der Waals surface area contributed by atoms with E-state index in [1.54, 1.807) is 19.3 Å². The summed E-state index contributed by atoms with van der Waals surface area (Å²) in [6, 6.07) is 7.98. The van der Waals surface area contributed by atoms with Crippen LogP contribution in [0.3, 0.4) is 0 Å². The number of aryl methyl sites for hydroxylation is 1. The Bertz CT molecular complexity index is 871. The van der Waals surface area contributed by atoms with Gasteiger partial charge in [-0.25, -0.2) is 0 Å². The molecule has 5 nitrogen and oxygen atoms in total. The van der Waals surface area contributed by atoms with Gasteiger partial charge in [-0.15, -0.1) is 0 Å². The largest absolute Gasteiger partial charge is 0.352 e. The van der Waals surface area contributed by atoms with Crippen LogP contribution in [-0.2, 0) is 7.05 Å². The molecule has 1 aromatic carbocycles. The minimum atomic E-state index is -0.0790. The topological polar surface area (TPSA) is 54.3 Å². The minimum absolute atomic E-state index is 0.0673. The Morgan fingerprint density at radius 1 is 1.12 bits per heavy atom. The van der Waals surface area contributed by atoms with Gasteiger partial charge in [0.25, 0.3) is 11.5 Å². The van der Waals surface area contributed by atoms with E-state index in [2.05, 4.69) is 10.2 Å². The number of hydrogen-bond donors (Lipinski definition) is 1. The summed E-state index contributed by atoms with van der Waals surface area (Å²) in [5.41, 5.74) is 0.515. The van der Waals surface area contributed by atoms with Crippen LogP contribution < -0.4 is 10.9 Å². The number of benzene rings is 1. The van der Waals surface area contributed by atoms with Crippen molar-refractivity contribution in [2.24, 2.45) is 13.0 Å². The molecular formula is C21H27N3O2. The Kier molecular flexibility index (Phi) is 4.81. The van der Waals surface area contributed by atoms with E-state index in [4.69, 9.17) is 0 Å². The van der Waals surface area contributed by atoms with Gasteiger partial charge in [-0.3, -0.25) is 9.59 Å². The summed E-state index contributed by atoms with van der Waals surface area (Å²) in [5, 5.41) is 4.49. The summed E-state index contributed by atoms with van der Waals surface area (Å²) >= 11 is 0. The summed E-state index contributed by atoms with van der Waals surface area (Å²) in [7, 11) is 1.70. The lowest BCUT2D eigenvalue weighted by Gasteiger charge is -2.44. The highest BCUT2D eigenvalue weighted by molar-refractivity contribution is 6.06. The lowest BCUT2D eigenvalue weighted by atomic mass is 9.83. The Labute approximate surface area is 154 Å². The Hall–Kier alpha value is -2.14. The van der Waals surface area contributed by atoms with Crippen LogP contribution in [0.2, 0.25) is 0 Å². The fraction of sp³-hybridized carbons (Fsp3) is 0.524. The number of hydrogen-bond acceptors (Lipinski definition) is 3. The molecule has 2 fully saturated rings. The second kappa shape index (κ2) is 7.23. The van der Waals surface area contributed by atoms with Crippen LogP contribution in [0.4, 0.5) is 0 Å². The Balaban J connectivity index is 1.53. The Morgan fingerprint density at radius 2 is 1.88 bits per heavy atom. The molecule has 3 heterocycles. The fourth-order valence-corrected chi connectivity index (χ4v) is 4.73. The van der Waals surface area contributed by atoms with Crippen LogP contribution >= 0.6 is 0 Å². The van der Waals surface area contributed by atoms with Crippen molar-refractivity contribution in [3.8, 4) is 0 Å². The monoisotopic (exact) mass is 353 g/mol. The van der Waals surface area contributed by atoms with Gasteiger partial charge in [-0.1, -0.05) is 24.6 Å². The molecule has 1 N–H and O–H groups in total. The molecule has 2 atom stereocenters. The zero-order valence-corrected chi connectivity index (χ0v) is 15.4. The van der Waals surface area contributed by atoms with Gasteiger partial charge in [-0.05, 0) is 50.8 Å². The SMILES string of the molecule is Cn1cc(C(=O)NC[C@@H]2CCCN3CCCC[C@H]23)c2ccccc2c1=O. The first kappa shape index (κ1) is 17.3. The van der Waals surface area contributed by atoms with E-state index in [9.17, 15) is 9.59 Å². The highest BCUT2D eigenvalue weighted by Crippen LogP contribution is 2.30. The molecule has 4 rings (SSSR count). The number of aromatic nitrogens is 1. The smallest absolute Gasteiger partial charge is 0.258 e. The van der Waals surface area contributed by atoms with Crippen LogP contribution in [0, 0.1) is 5.92 Å². The number of carbonyl (C=O) groups is 1. The van der Waals surface area contributed by atoms with Crippen molar-refractivity contribution in [1.82, 2.24) is 14.8 Å². The number of nitrogens with zero attached hydrogens (tertiary/aromatic N) is 2. The molecular weight excluding hydrogens is 326 g/mol. The molecule has 2 saturated heterocycles. The van der Waals surface area contributed by atoms with Gasteiger partial charge in [0.1, 0.15) is 0 Å². The third-order valence-electron chi connectivity index (χ3n) is 6.09. The highest BCUT2D eigenvalue weighted by atomic mass is 16.2. The molecule has 0 unspecified atom stereocenters. The molecule has 2 aromatic rings. The maximum atomic E-state index is 12.9. The zero-order valence-electron chi connectivity index (χ0n) is 15.4. The van der Waals surface area contributed by atoms with Crippen molar-refractivity contribution in [2.45, 2.75) is 38.1 Å². The van der Waals surface area contributed by atoms with E-state index < -0.39 is 0 Å². The molecule has 0 saturated carbocycles. The minimum Gasteiger partial charge on any atom is -0.352 e. The van der Waals surface area contributed by atoms with Crippen molar-refractivity contribution in [3.05, 3.63) is 46.4 Å². The maximum absolute atomic E-state index is 12.9. The normalized spacial score (nSPS) is 23.6. The van der Waals surface area contributed by atoms with Gasteiger partial charge in [0.15, 0.2) is 0 Å². The first-order valence-corrected chi connectivity index (χ1v) is 9.76. The molecule has 2 aliphatic rings. The molecule has 5 heteroatoms. The molecule has 26 heavy (non-hydrogen) atoms. The first-order valence-electron chi connectivity index (χ1n) is 9.76. The lowest BCUT2D eigenvalue weighted by Crippen LogP contribution is -2.51. The second-order valence-electron chi connectivity index (χ2n) is 7.72. The second-order valence-corrected chi connectivity index (χ2v) is 7.72. The predicted octanol–water partition coefficient (Wildman–Crippen LogP) is 2.53. The molecule has 0 spiro atoms. The summed E-state index contributed by atoms with van der Waals surface area (Å²) in [4.78, 5) is 27.8. The molecule has 1 amide bonds. The standard InChI is InChI=1S/C21H27N3O2/c1-23-14-18(16-8-2-3-9-17(16)21(23)26)20(25)22-13-15-7-6-12-24-11-5-4-10-19(15)24/h2-3,8-9,14-15,19H,4-7,10-13H2,1H3,(H,22,25)/t15-,19+/m0/s1. The molecule has 2 aliphatic heterocycles. The summed E-state index contributed by atoms with van der Waals surface area (Å²) in [6.45, 7) is 3.14. The number of amides is 1. The van der Waals surface area contributed by atoms with Crippen LogP contribution in [0.15, 0.2) is 35.3 Å². The summed E-state index contributed by atoms with van der Waals surface area (Å²) in [5.74, 6) is 0.455. The van der Waals surface area contributed by atoms with Crippen molar-refractivity contribution in [2.75, 3.05) is 19.6 Å². The van der Waals surface area contributed by atoms with Crippen LogP contribution in [-0.4, -0.2) is 41.1 Å². The fourth-order valence-electron chi connectivity index (χ4n) is 4.73. The quantitative estimate of drug-likeness (QED) is 0.923. The number of nitrogens with one attached hydrogen (secondary N) is 1. The average Bonchev–Trinajstić information content (AvgIpc) is 2.69. The summed E-state index contributed by atoms with van der Waals surface area (Å²) in [6.07, 6.45) is 7.93. The maximum Gasteiger partial charge on any atom is 0.258 e. The molecule has 0 bridgehead atoms. The average molecular weight is 353 g/mol. The molecule has 0 aliphatic carbocycles. The van der Waals surface area contributed by atoms with Crippen LogP contribution in [0.25, 0.3) is 10.8 Å². The van der Waals surface area contributed by atoms with Gasteiger partial charge in [-0.2, -0.15) is 0 Å². The molecule has 1 aromatic heterocycles. The predicted molar refractivity (Wildman–Crippen MR) is 103 cm³/mol. The number of pyridine rings is 1. The van der Waals surface area contributed by atoms with Gasteiger partial charge in [0.05, 0.1) is 5.56 Å². The van der Waals surface area contributed by atoms with Gasteiger partial charge >= 0.3 is 0 Å². The van der Waals surface area contributed by atoms with E-state index in [-0.39, 0.29) is 11.5 Å². The third-order valence-corrected chi connectivity index (χ3v) is 6.09. The van der Waals surface area contributed by atoms with E-state index >= 15 is 0 Å². The van der Waals surface area contributed by atoms with E-state index in [0.717, 1.165) is 11.9 Å². The van der Waals surface area contributed by atoms with Gasteiger partial charge in [0, 0.05) is 36.6 Å². The summed E-state index contributed by atoms with van der Waals surface area (Å²) < 4.78 is 1.50. The number of rotatable bonds is 3. The van der Waals surface area contributed by atoms with Crippen LogP contribution in [0.5, 0.6) is 0 Å². The first-order chi connectivity index (χ1) is 12.6. The van der Waals surface area contributed by atoms with E-state index in [0.29, 0.717) is 22.9 Å². The van der Waals surface area contributed by atoms with Crippen molar-refractivity contribution in [1.29, 1.82) is 0 Å².